The lowest BCUT2D eigenvalue weighted by molar-refractivity contribution is -0.116. The molecule has 30 heavy (non-hydrogen) atoms. The molecule has 0 unspecified atom stereocenters. The van der Waals surface area contributed by atoms with E-state index in [9.17, 15) is 14.4 Å². The number of nitrogens with one attached hydrogen (secondary N) is 1. The third-order valence-electron chi connectivity index (χ3n) is 4.50. The molecule has 1 N–H and O–H groups in total. The van der Waals surface area contributed by atoms with Gasteiger partial charge in [0.25, 0.3) is 5.56 Å². The molecule has 4 aromatic rings. The molecule has 0 aliphatic carbocycles. The van der Waals surface area contributed by atoms with Crippen LogP contribution >= 0.6 is 22.9 Å². The number of amides is 1. The highest BCUT2D eigenvalue weighted by Gasteiger charge is 2.17. The van der Waals surface area contributed by atoms with Gasteiger partial charge in [0.05, 0.1) is 18.3 Å². The Balaban J connectivity index is 1.75. The quantitative estimate of drug-likeness (QED) is 0.513. The van der Waals surface area contributed by atoms with E-state index in [1.807, 2.05) is 0 Å². The van der Waals surface area contributed by atoms with E-state index >= 15 is 0 Å². The molecule has 0 atom stereocenters. The number of carbonyl (C=O) groups is 1. The van der Waals surface area contributed by atoms with Crippen LogP contribution in [0.2, 0.25) is 5.02 Å². The normalized spacial score (nSPS) is 10.9. The van der Waals surface area contributed by atoms with Gasteiger partial charge in [-0.05, 0) is 53.9 Å². The molecule has 4 rings (SSSR count). The zero-order valence-electron chi connectivity index (χ0n) is 15.8. The Morgan fingerprint density at radius 2 is 1.90 bits per heavy atom. The minimum atomic E-state index is -0.613. The molecular formula is C21H16ClN3O4S. The Kier molecular flexibility index (Phi) is 5.43. The molecule has 2 aromatic heterocycles. The first-order valence-corrected chi connectivity index (χ1v) is 10.2. The first kappa shape index (κ1) is 19.9. The van der Waals surface area contributed by atoms with Gasteiger partial charge in [-0.15, -0.1) is 11.3 Å². The minimum absolute atomic E-state index is 0.251. The largest absolute Gasteiger partial charge is 0.497 e. The summed E-state index contributed by atoms with van der Waals surface area (Å²) in [6.07, 6.45) is 0. The van der Waals surface area contributed by atoms with Gasteiger partial charge < -0.3 is 10.1 Å². The van der Waals surface area contributed by atoms with Crippen LogP contribution in [0.3, 0.4) is 0 Å². The number of methoxy groups -OCH3 is 1. The number of rotatable bonds is 5. The summed E-state index contributed by atoms with van der Waals surface area (Å²) in [4.78, 5) is 38.7. The molecule has 0 aliphatic rings. The standard InChI is InChI=1S/C21H16ClN3O4S/c1-29-16-7-5-14(6-8-16)23-18(26)12-24-17-9-10-30-19(17)20(27)25(21(24)28)15-4-2-3-13(22)11-15/h2-11H,12H2,1H3,(H,23,26). The van der Waals surface area contributed by atoms with E-state index < -0.39 is 17.2 Å². The van der Waals surface area contributed by atoms with Crippen molar-refractivity contribution in [3.63, 3.8) is 0 Å². The third kappa shape index (κ3) is 3.74. The van der Waals surface area contributed by atoms with E-state index in [0.29, 0.717) is 32.4 Å². The van der Waals surface area contributed by atoms with Gasteiger partial charge in [0, 0.05) is 10.7 Å². The summed E-state index contributed by atoms with van der Waals surface area (Å²) in [5.41, 5.74) is 0.269. The van der Waals surface area contributed by atoms with Gasteiger partial charge >= 0.3 is 5.69 Å². The fourth-order valence-corrected chi connectivity index (χ4v) is 4.11. The molecule has 1 amide bonds. The Labute approximate surface area is 179 Å². The smallest absolute Gasteiger partial charge is 0.336 e. The fourth-order valence-electron chi connectivity index (χ4n) is 3.10. The molecule has 7 nitrogen and oxygen atoms in total. The van der Waals surface area contributed by atoms with Crippen molar-refractivity contribution in [2.75, 3.05) is 12.4 Å². The van der Waals surface area contributed by atoms with Crippen LogP contribution in [0.15, 0.2) is 69.6 Å². The van der Waals surface area contributed by atoms with Crippen molar-refractivity contribution in [1.29, 1.82) is 0 Å². The highest BCUT2D eigenvalue weighted by atomic mass is 35.5. The molecule has 0 saturated carbocycles. The third-order valence-corrected chi connectivity index (χ3v) is 5.62. The van der Waals surface area contributed by atoms with Gasteiger partial charge in [0.15, 0.2) is 0 Å². The maximum atomic E-state index is 13.2. The van der Waals surface area contributed by atoms with Gasteiger partial charge in [-0.2, -0.15) is 0 Å². The summed E-state index contributed by atoms with van der Waals surface area (Å²) < 4.78 is 7.80. The SMILES string of the molecule is COc1ccc(NC(=O)Cn2c(=O)n(-c3cccc(Cl)c3)c(=O)c3sccc32)cc1. The van der Waals surface area contributed by atoms with Crippen LogP contribution in [0, 0.1) is 0 Å². The maximum Gasteiger partial charge on any atom is 0.336 e. The van der Waals surface area contributed by atoms with Crippen molar-refractivity contribution in [3.8, 4) is 11.4 Å². The summed E-state index contributed by atoms with van der Waals surface area (Å²) in [5.74, 6) is 0.267. The second-order valence-corrected chi connectivity index (χ2v) is 7.75. The average Bonchev–Trinajstić information content (AvgIpc) is 3.22. The van der Waals surface area contributed by atoms with Gasteiger partial charge in [-0.1, -0.05) is 17.7 Å². The molecule has 0 bridgehead atoms. The van der Waals surface area contributed by atoms with Crippen LogP contribution in [0.25, 0.3) is 15.9 Å². The first-order chi connectivity index (χ1) is 14.5. The van der Waals surface area contributed by atoms with E-state index in [4.69, 9.17) is 16.3 Å². The summed E-state index contributed by atoms with van der Waals surface area (Å²) >= 11 is 7.25. The van der Waals surface area contributed by atoms with Crippen molar-refractivity contribution >= 4 is 44.7 Å². The van der Waals surface area contributed by atoms with Gasteiger partial charge in [-0.25, -0.2) is 9.36 Å². The predicted octanol–water partition coefficient (Wildman–Crippen LogP) is 3.51. The molecule has 0 radical (unpaired) electrons. The van der Waals surface area contributed by atoms with Crippen LogP contribution in [0.4, 0.5) is 5.69 Å². The highest BCUT2D eigenvalue weighted by molar-refractivity contribution is 7.17. The number of ether oxygens (including phenoxy) is 1. The van der Waals surface area contributed by atoms with E-state index in [1.54, 1.807) is 61.0 Å². The van der Waals surface area contributed by atoms with Crippen LogP contribution in [0.5, 0.6) is 5.75 Å². The number of benzene rings is 2. The topological polar surface area (TPSA) is 82.3 Å². The van der Waals surface area contributed by atoms with E-state index in [1.165, 1.54) is 22.0 Å². The van der Waals surface area contributed by atoms with Crippen LogP contribution in [0.1, 0.15) is 0 Å². The van der Waals surface area contributed by atoms with Crippen LogP contribution in [-0.2, 0) is 11.3 Å². The van der Waals surface area contributed by atoms with Crippen molar-refractivity contribution in [1.82, 2.24) is 9.13 Å². The summed E-state index contributed by atoms with van der Waals surface area (Å²) in [5, 5.41) is 4.86. The monoisotopic (exact) mass is 441 g/mol. The van der Waals surface area contributed by atoms with Crippen molar-refractivity contribution in [2.45, 2.75) is 6.54 Å². The molecule has 9 heteroatoms. The minimum Gasteiger partial charge on any atom is -0.497 e. The maximum absolute atomic E-state index is 13.2. The number of carbonyl (C=O) groups excluding carboxylic acids is 1. The second kappa shape index (κ2) is 8.17. The molecule has 0 spiro atoms. The first-order valence-electron chi connectivity index (χ1n) is 8.91. The molecule has 152 valence electrons. The molecule has 2 aromatic carbocycles. The number of halogens is 1. The summed E-state index contributed by atoms with van der Waals surface area (Å²) in [7, 11) is 1.56. The second-order valence-electron chi connectivity index (χ2n) is 6.40. The van der Waals surface area contributed by atoms with E-state index in [2.05, 4.69) is 5.32 Å². The number of aromatic nitrogens is 2. The lowest BCUT2D eigenvalue weighted by Gasteiger charge is -2.13. The van der Waals surface area contributed by atoms with E-state index in [0.717, 1.165) is 4.57 Å². The average molecular weight is 442 g/mol. The van der Waals surface area contributed by atoms with E-state index in [-0.39, 0.29) is 6.54 Å². The summed E-state index contributed by atoms with van der Waals surface area (Å²) in [6.45, 7) is -0.251. The lowest BCUT2D eigenvalue weighted by Crippen LogP contribution is -2.40. The summed E-state index contributed by atoms with van der Waals surface area (Å²) in [6, 6.07) is 15.0. The number of hydrogen-bond acceptors (Lipinski definition) is 5. The number of fused-ring (bicyclic) bond motifs is 1. The van der Waals surface area contributed by atoms with Crippen LogP contribution < -0.4 is 21.3 Å². The fraction of sp³-hybridized carbons (Fsp3) is 0.0952. The molecule has 0 fully saturated rings. The zero-order chi connectivity index (χ0) is 21.3. The lowest BCUT2D eigenvalue weighted by atomic mass is 10.3. The zero-order valence-corrected chi connectivity index (χ0v) is 17.4. The van der Waals surface area contributed by atoms with Crippen molar-refractivity contribution in [3.05, 3.63) is 85.8 Å². The van der Waals surface area contributed by atoms with Gasteiger partial charge in [0.2, 0.25) is 5.91 Å². The Hall–Kier alpha value is -3.36. The molecule has 0 saturated heterocycles. The number of thiophene rings is 1. The predicted molar refractivity (Wildman–Crippen MR) is 118 cm³/mol. The Morgan fingerprint density at radius 1 is 1.13 bits per heavy atom. The number of nitrogens with zero attached hydrogens (tertiary/aromatic N) is 2. The van der Waals surface area contributed by atoms with Crippen molar-refractivity contribution < 1.29 is 9.53 Å². The van der Waals surface area contributed by atoms with Gasteiger partial charge in [0.1, 0.15) is 17.0 Å². The van der Waals surface area contributed by atoms with Gasteiger partial charge in [-0.3, -0.25) is 14.2 Å². The van der Waals surface area contributed by atoms with Crippen molar-refractivity contribution in [2.24, 2.45) is 0 Å². The highest BCUT2D eigenvalue weighted by Crippen LogP contribution is 2.19. The van der Waals surface area contributed by atoms with Crippen LogP contribution in [-0.4, -0.2) is 22.2 Å². The molecular weight excluding hydrogens is 426 g/mol. The number of anilines is 1. The molecule has 2 heterocycles. The Bertz CT molecular complexity index is 1360. The molecule has 0 aliphatic heterocycles. The number of hydrogen-bond donors (Lipinski definition) is 1. The Morgan fingerprint density at radius 3 is 2.60 bits per heavy atom.